The van der Waals surface area contributed by atoms with E-state index >= 15 is 0 Å². The Morgan fingerprint density at radius 3 is 2.27 bits per heavy atom. The van der Waals surface area contributed by atoms with Crippen LogP contribution in [0.2, 0.25) is 12.1 Å². The van der Waals surface area contributed by atoms with Crippen molar-refractivity contribution in [3.63, 3.8) is 0 Å². The topological polar surface area (TPSA) is 9.23 Å². The van der Waals surface area contributed by atoms with Crippen LogP contribution in [0.4, 0.5) is 13.2 Å². The van der Waals surface area contributed by atoms with Crippen molar-refractivity contribution in [2.24, 2.45) is 0 Å². The van der Waals surface area contributed by atoms with Gasteiger partial charge in [0.05, 0.1) is 8.80 Å². The minimum Gasteiger partial charge on any atom is -0.483 e. The van der Waals surface area contributed by atoms with Gasteiger partial charge in [0.15, 0.2) is 6.61 Å². The molecule has 0 amide bonds. The van der Waals surface area contributed by atoms with E-state index in [4.69, 9.17) is 4.74 Å². The van der Waals surface area contributed by atoms with Crippen LogP contribution >= 0.6 is 0 Å². The van der Waals surface area contributed by atoms with Gasteiger partial charge in [-0.3, -0.25) is 0 Å². The van der Waals surface area contributed by atoms with Crippen LogP contribution in [0.5, 0.6) is 5.75 Å². The van der Waals surface area contributed by atoms with Gasteiger partial charge in [-0.15, -0.1) is 0 Å². The summed E-state index contributed by atoms with van der Waals surface area (Å²) < 4.78 is 42.2. The summed E-state index contributed by atoms with van der Waals surface area (Å²) in [5.74, 6) is 0.335. The number of benzene rings is 2. The van der Waals surface area contributed by atoms with Gasteiger partial charge in [-0.05, 0) is 11.5 Å². The van der Waals surface area contributed by atoms with E-state index in [-0.39, 0.29) is 0 Å². The fourth-order valence-corrected chi connectivity index (χ4v) is 6.88. The zero-order valence-electron chi connectivity index (χ0n) is 12.3. The zero-order valence-corrected chi connectivity index (χ0v) is 13.5. The second-order valence-electron chi connectivity index (χ2n) is 5.94. The first kappa shape index (κ1) is 15.4. The van der Waals surface area contributed by atoms with Crippen LogP contribution in [-0.2, 0) is 0 Å². The van der Waals surface area contributed by atoms with Gasteiger partial charge >= 0.3 is 6.18 Å². The maximum absolute atomic E-state index is 12.4. The van der Waals surface area contributed by atoms with Gasteiger partial charge in [0.25, 0.3) is 0 Å². The molecule has 2 aromatic rings. The average Bonchev–Trinajstić information content (AvgIpc) is 2.52. The monoisotopic (exact) mass is 324 g/mol. The summed E-state index contributed by atoms with van der Waals surface area (Å²) in [6.07, 6.45) is -0.415. The first-order valence-electron chi connectivity index (χ1n) is 7.76. The molecule has 0 bridgehead atoms. The number of fused-ring (bicyclic) bond motifs is 1. The molecule has 0 aliphatic carbocycles. The van der Waals surface area contributed by atoms with Crippen LogP contribution in [-0.4, -0.2) is 21.6 Å². The molecule has 0 aromatic heterocycles. The summed E-state index contributed by atoms with van der Waals surface area (Å²) in [6.45, 7) is -1.24. The maximum atomic E-state index is 12.4. The van der Waals surface area contributed by atoms with Gasteiger partial charge in [-0.1, -0.05) is 66.9 Å². The third-order valence-electron chi connectivity index (χ3n) is 4.35. The molecular weight excluding hydrogens is 305 g/mol. The van der Waals surface area contributed by atoms with Crippen molar-refractivity contribution < 1.29 is 17.9 Å². The number of hydrogen-bond donors (Lipinski definition) is 0. The summed E-state index contributed by atoms with van der Waals surface area (Å²) in [7, 11) is -0.987. The van der Waals surface area contributed by atoms with Gasteiger partial charge in [0, 0.05) is 5.39 Å². The molecule has 0 atom stereocenters. The van der Waals surface area contributed by atoms with Gasteiger partial charge < -0.3 is 4.74 Å². The van der Waals surface area contributed by atoms with E-state index in [1.165, 1.54) is 36.5 Å². The highest BCUT2D eigenvalue weighted by atomic mass is 28.3. The van der Waals surface area contributed by atoms with Crippen molar-refractivity contribution in [3.8, 4) is 5.75 Å². The van der Waals surface area contributed by atoms with Crippen LogP contribution < -0.4 is 9.92 Å². The fraction of sp³-hybridized carbons (Fsp3) is 0.412. The van der Waals surface area contributed by atoms with Gasteiger partial charge in [-0.25, -0.2) is 0 Å². The summed E-state index contributed by atoms with van der Waals surface area (Å²) in [5.41, 5.74) is 0. The number of rotatable bonds is 3. The molecule has 0 spiro atoms. The summed E-state index contributed by atoms with van der Waals surface area (Å²) >= 11 is 0. The molecule has 0 unspecified atom stereocenters. The Labute approximate surface area is 129 Å². The van der Waals surface area contributed by atoms with E-state index < -0.39 is 21.6 Å². The van der Waals surface area contributed by atoms with E-state index in [2.05, 4.69) is 0 Å². The first-order valence-corrected chi connectivity index (χ1v) is 9.97. The number of alkyl halides is 3. The second-order valence-corrected chi connectivity index (χ2v) is 9.11. The Morgan fingerprint density at radius 2 is 1.59 bits per heavy atom. The van der Waals surface area contributed by atoms with Crippen LogP contribution in [0.3, 0.4) is 0 Å². The molecule has 5 heteroatoms. The molecular formula is C17H19F3OSi. The minimum atomic E-state index is -4.31. The molecule has 0 radical (unpaired) electrons. The van der Waals surface area contributed by atoms with Crippen molar-refractivity contribution in [2.75, 3.05) is 6.61 Å². The quantitative estimate of drug-likeness (QED) is 0.761. The van der Waals surface area contributed by atoms with E-state index in [1.807, 2.05) is 30.3 Å². The van der Waals surface area contributed by atoms with Crippen molar-refractivity contribution in [1.29, 1.82) is 0 Å². The van der Waals surface area contributed by atoms with Crippen LogP contribution in [0.1, 0.15) is 19.3 Å². The lowest BCUT2D eigenvalue weighted by atomic mass is 10.1. The number of ether oxygens (including phenoxy) is 1. The Hall–Kier alpha value is -1.49. The molecule has 3 rings (SSSR count). The number of halogens is 3. The molecule has 1 aliphatic rings. The molecule has 1 nitrogen and oxygen atoms in total. The van der Waals surface area contributed by atoms with Crippen molar-refractivity contribution in [2.45, 2.75) is 37.5 Å². The van der Waals surface area contributed by atoms with E-state index in [1.54, 1.807) is 6.07 Å². The van der Waals surface area contributed by atoms with E-state index in [0.29, 0.717) is 5.75 Å². The average molecular weight is 324 g/mol. The molecule has 1 fully saturated rings. The molecule has 0 N–H and O–H groups in total. The number of hydrogen-bond acceptors (Lipinski definition) is 1. The highest BCUT2D eigenvalue weighted by molar-refractivity contribution is 6.75. The minimum absolute atomic E-state index is 0.335. The summed E-state index contributed by atoms with van der Waals surface area (Å²) in [5, 5.41) is 3.28. The lowest BCUT2D eigenvalue weighted by molar-refractivity contribution is -0.153. The second kappa shape index (κ2) is 6.32. The molecule has 2 aromatic carbocycles. The van der Waals surface area contributed by atoms with Crippen LogP contribution in [0, 0.1) is 0 Å². The molecule has 22 heavy (non-hydrogen) atoms. The van der Waals surface area contributed by atoms with Crippen molar-refractivity contribution in [3.05, 3.63) is 36.4 Å². The molecule has 1 heterocycles. The third kappa shape index (κ3) is 3.46. The van der Waals surface area contributed by atoms with Crippen molar-refractivity contribution in [1.82, 2.24) is 0 Å². The predicted molar refractivity (Wildman–Crippen MR) is 85.7 cm³/mol. The Kier molecular flexibility index (Phi) is 4.43. The van der Waals surface area contributed by atoms with Crippen LogP contribution in [0.25, 0.3) is 10.8 Å². The molecule has 0 saturated carbocycles. The SMILES string of the molecule is FC(F)(F)COc1ccc([SiH]2CCCCC2)c2ccccc12. The van der Waals surface area contributed by atoms with Crippen LogP contribution in [0.15, 0.2) is 36.4 Å². The van der Waals surface area contributed by atoms with Gasteiger partial charge in [0.2, 0.25) is 0 Å². The molecule has 1 saturated heterocycles. The Bertz CT molecular complexity index is 648. The molecule has 1 aliphatic heterocycles. The lowest BCUT2D eigenvalue weighted by Crippen LogP contribution is -2.32. The Morgan fingerprint density at radius 1 is 0.909 bits per heavy atom. The highest BCUT2D eigenvalue weighted by Crippen LogP contribution is 2.28. The predicted octanol–water partition coefficient (Wildman–Crippen LogP) is 4.40. The lowest BCUT2D eigenvalue weighted by Gasteiger charge is -2.23. The summed E-state index contributed by atoms with van der Waals surface area (Å²) in [6, 6.07) is 14.0. The standard InChI is InChI=1S/C17H19F3OSi/c18-17(19,20)12-21-15-8-9-16(22-10-4-1-5-11-22)14-7-3-2-6-13(14)15/h2-3,6-9,22H,1,4-5,10-12H2. The summed E-state index contributed by atoms with van der Waals surface area (Å²) in [4.78, 5) is 0. The fourth-order valence-electron chi connectivity index (χ4n) is 3.35. The highest BCUT2D eigenvalue weighted by Gasteiger charge is 2.29. The Balaban J connectivity index is 1.96. The van der Waals surface area contributed by atoms with Gasteiger partial charge in [0.1, 0.15) is 5.75 Å². The van der Waals surface area contributed by atoms with E-state index in [0.717, 1.165) is 10.8 Å². The zero-order chi connectivity index (χ0) is 15.6. The van der Waals surface area contributed by atoms with E-state index in [9.17, 15) is 13.2 Å². The first-order chi connectivity index (χ1) is 10.5. The third-order valence-corrected chi connectivity index (χ3v) is 7.95. The van der Waals surface area contributed by atoms with Gasteiger partial charge in [-0.2, -0.15) is 13.2 Å². The maximum Gasteiger partial charge on any atom is 0.422 e. The molecule has 118 valence electrons. The largest absolute Gasteiger partial charge is 0.483 e. The van der Waals surface area contributed by atoms with Crippen molar-refractivity contribution >= 4 is 24.8 Å². The normalized spacial score (nSPS) is 16.9. The smallest absolute Gasteiger partial charge is 0.422 e.